The Labute approximate surface area is 79.1 Å². The second-order valence-electron chi connectivity index (χ2n) is 2.74. The number of hydrogen-bond acceptors (Lipinski definition) is 1. The summed E-state index contributed by atoms with van der Waals surface area (Å²) < 4.78 is 0.886. The van der Waals surface area contributed by atoms with Crippen LogP contribution in [0.25, 0.3) is 10.9 Å². The summed E-state index contributed by atoms with van der Waals surface area (Å²) in [6, 6.07) is 4.17. The molecule has 2 aromatic rings. The van der Waals surface area contributed by atoms with E-state index in [1.54, 1.807) is 0 Å². The van der Waals surface area contributed by atoms with Gasteiger partial charge in [0.25, 0.3) is 0 Å². The molecule has 1 N–H and O–H groups in total. The highest BCUT2D eigenvalue weighted by Gasteiger charge is 1.99. The molecule has 3 heteroatoms. The molecule has 0 fully saturated rings. The first-order valence-electron chi connectivity index (χ1n) is 3.92. The molecule has 0 aliphatic heterocycles. The molecule has 0 radical (unpaired) electrons. The minimum Gasteiger partial charge on any atom is -0.357 e. The van der Waals surface area contributed by atoms with Crippen molar-refractivity contribution >= 4 is 26.8 Å². The van der Waals surface area contributed by atoms with Gasteiger partial charge in [-0.25, -0.2) is 4.98 Å². The van der Waals surface area contributed by atoms with Crippen LogP contribution in [0.3, 0.4) is 0 Å². The van der Waals surface area contributed by atoms with Crippen LogP contribution in [0.1, 0.15) is 12.6 Å². The van der Waals surface area contributed by atoms with Crippen molar-refractivity contribution in [2.75, 3.05) is 0 Å². The summed E-state index contributed by atoms with van der Waals surface area (Å²) in [5, 5.41) is 1.22. The molecule has 0 saturated heterocycles. The summed E-state index contributed by atoms with van der Waals surface area (Å²) in [5.41, 5.74) is 2.36. The van der Waals surface area contributed by atoms with E-state index in [4.69, 9.17) is 0 Å². The van der Waals surface area contributed by atoms with E-state index < -0.39 is 0 Å². The summed E-state index contributed by atoms with van der Waals surface area (Å²) in [6.07, 6.45) is 2.88. The quantitative estimate of drug-likeness (QED) is 0.742. The number of aryl methyl sites for hydroxylation is 1. The summed E-state index contributed by atoms with van der Waals surface area (Å²) in [7, 11) is 0. The van der Waals surface area contributed by atoms with Gasteiger partial charge in [-0.05, 0) is 34.5 Å². The number of halogens is 1. The minimum atomic E-state index is 0.886. The Kier molecular flexibility index (Phi) is 1.89. The van der Waals surface area contributed by atoms with Crippen molar-refractivity contribution in [3.63, 3.8) is 0 Å². The molecule has 0 aliphatic rings. The highest BCUT2D eigenvalue weighted by Crippen LogP contribution is 2.18. The zero-order chi connectivity index (χ0) is 8.55. The fourth-order valence-electron chi connectivity index (χ4n) is 1.26. The standard InChI is InChI=1S/C9H9BrN2/c1-2-7-3-6-4-9(10)11-5-8(6)12-7/h3-5,12H,2H2,1H3. The first-order chi connectivity index (χ1) is 5.79. The van der Waals surface area contributed by atoms with Gasteiger partial charge < -0.3 is 4.98 Å². The van der Waals surface area contributed by atoms with E-state index in [0.29, 0.717) is 0 Å². The molecule has 0 amide bonds. The number of hydrogen-bond donors (Lipinski definition) is 1. The molecule has 0 unspecified atom stereocenters. The van der Waals surface area contributed by atoms with Crippen LogP contribution in [0.4, 0.5) is 0 Å². The monoisotopic (exact) mass is 224 g/mol. The molecule has 0 bridgehead atoms. The van der Waals surface area contributed by atoms with Crippen LogP contribution in [-0.2, 0) is 6.42 Å². The fraction of sp³-hybridized carbons (Fsp3) is 0.222. The maximum Gasteiger partial charge on any atom is 0.106 e. The maximum absolute atomic E-state index is 4.14. The molecule has 0 aliphatic carbocycles. The number of nitrogens with zero attached hydrogens (tertiary/aromatic N) is 1. The summed E-state index contributed by atoms with van der Waals surface area (Å²) in [6.45, 7) is 2.13. The number of aromatic amines is 1. The summed E-state index contributed by atoms with van der Waals surface area (Å²) in [4.78, 5) is 7.43. The number of H-pyrrole nitrogens is 1. The molecule has 0 saturated carbocycles. The molecule has 0 spiro atoms. The van der Waals surface area contributed by atoms with E-state index in [9.17, 15) is 0 Å². The van der Waals surface area contributed by atoms with Crippen molar-refractivity contribution in [1.82, 2.24) is 9.97 Å². The molecule has 2 rings (SSSR count). The van der Waals surface area contributed by atoms with E-state index in [1.165, 1.54) is 11.1 Å². The number of aromatic nitrogens is 2. The van der Waals surface area contributed by atoms with Gasteiger partial charge in [-0.1, -0.05) is 6.92 Å². The van der Waals surface area contributed by atoms with Crippen LogP contribution in [0, 0.1) is 0 Å². The molecular weight excluding hydrogens is 216 g/mol. The SMILES string of the molecule is CCc1cc2cc(Br)ncc2[nH]1. The van der Waals surface area contributed by atoms with Gasteiger partial charge in [0.1, 0.15) is 4.60 Å². The van der Waals surface area contributed by atoms with Gasteiger partial charge in [0.05, 0.1) is 11.7 Å². The second-order valence-corrected chi connectivity index (χ2v) is 3.55. The molecule has 2 aromatic heterocycles. The number of fused-ring (bicyclic) bond motifs is 1. The highest BCUT2D eigenvalue weighted by atomic mass is 79.9. The van der Waals surface area contributed by atoms with Crippen LogP contribution >= 0.6 is 15.9 Å². The molecule has 0 atom stereocenters. The predicted octanol–water partition coefficient (Wildman–Crippen LogP) is 2.89. The highest BCUT2D eigenvalue weighted by molar-refractivity contribution is 9.10. The van der Waals surface area contributed by atoms with Crippen LogP contribution in [-0.4, -0.2) is 9.97 Å². The number of rotatable bonds is 1. The van der Waals surface area contributed by atoms with Crippen molar-refractivity contribution in [3.8, 4) is 0 Å². The lowest BCUT2D eigenvalue weighted by Gasteiger charge is -1.88. The van der Waals surface area contributed by atoms with Gasteiger partial charge in [-0.3, -0.25) is 0 Å². The Morgan fingerprint density at radius 3 is 3.08 bits per heavy atom. The topological polar surface area (TPSA) is 28.7 Å². The maximum atomic E-state index is 4.14. The molecular formula is C9H9BrN2. The zero-order valence-corrected chi connectivity index (χ0v) is 8.35. The Hall–Kier alpha value is -0.830. The molecule has 62 valence electrons. The van der Waals surface area contributed by atoms with Crippen molar-refractivity contribution < 1.29 is 0 Å². The molecule has 2 nitrogen and oxygen atoms in total. The van der Waals surface area contributed by atoms with Gasteiger partial charge in [-0.15, -0.1) is 0 Å². The normalized spacial score (nSPS) is 10.8. The zero-order valence-electron chi connectivity index (χ0n) is 6.76. The van der Waals surface area contributed by atoms with E-state index in [2.05, 4.69) is 38.9 Å². The Balaban J connectivity index is 2.67. The first-order valence-corrected chi connectivity index (χ1v) is 4.72. The molecule has 12 heavy (non-hydrogen) atoms. The van der Waals surface area contributed by atoms with Crippen LogP contribution < -0.4 is 0 Å². The smallest absolute Gasteiger partial charge is 0.106 e. The van der Waals surface area contributed by atoms with Crippen molar-refractivity contribution in [3.05, 3.63) is 28.6 Å². The second kappa shape index (κ2) is 2.90. The van der Waals surface area contributed by atoms with E-state index in [-0.39, 0.29) is 0 Å². The Bertz CT molecular complexity index is 406. The lowest BCUT2D eigenvalue weighted by molar-refractivity contribution is 1.07. The first kappa shape index (κ1) is 7.80. The predicted molar refractivity (Wildman–Crippen MR) is 53.2 cm³/mol. The van der Waals surface area contributed by atoms with Crippen molar-refractivity contribution in [2.24, 2.45) is 0 Å². The van der Waals surface area contributed by atoms with Crippen molar-refractivity contribution in [1.29, 1.82) is 0 Å². The number of nitrogens with one attached hydrogen (secondary N) is 1. The van der Waals surface area contributed by atoms with Crippen LogP contribution in [0.5, 0.6) is 0 Å². The average molecular weight is 225 g/mol. The number of pyridine rings is 1. The largest absolute Gasteiger partial charge is 0.357 e. The van der Waals surface area contributed by atoms with E-state index >= 15 is 0 Å². The van der Waals surface area contributed by atoms with Gasteiger partial charge >= 0.3 is 0 Å². The van der Waals surface area contributed by atoms with Gasteiger partial charge in [0, 0.05) is 11.1 Å². The minimum absolute atomic E-state index is 0.886. The third-order valence-corrected chi connectivity index (χ3v) is 2.34. The van der Waals surface area contributed by atoms with Gasteiger partial charge in [0.15, 0.2) is 0 Å². The summed E-state index contributed by atoms with van der Waals surface area (Å²) >= 11 is 3.34. The summed E-state index contributed by atoms with van der Waals surface area (Å²) in [5.74, 6) is 0. The third kappa shape index (κ3) is 1.25. The lowest BCUT2D eigenvalue weighted by atomic mass is 10.3. The van der Waals surface area contributed by atoms with Crippen molar-refractivity contribution in [2.45, 2.75) is 13.3 Å². The lowest BCUT2D eigenvalue weighted by Crippen LogP contribution is -1.76. The van der Waals surface area contributed by atoms with Gasteiger partial charge in [0.2, 0.25) is 0 Å². The van der Waals surface area contributed by atoms with Gasteiger partial charge in [-0.2, -0.15) is 0 Å². The van der Waals surface area contributed by atoms with Crippen LogP contribution in [0.15, 0.2) is 22.9 Å². The third-order valence-electron chi connectivity index (χ3n) is 1.91. The Morgan fingerprint density at radius 1 is 1.50 bits per heavy atom. The van der Waals surface area contributed by atoms with Crippen LogP contribution in [0.2, 0.25) is 0 Å². The fourth-order valence-corrected chi connectivity index (χ4v) is 1.60. The Morgan fingerprint density at radius 2 is 2.33 bits per heavy atom. The molecule has 0 aromatic carbocycles. The van der Waals surface area contributed by atoms with E-state index in [1.807, 2.05) is 12.3 Å². The average Bonchev–Trinajstić information content (AvgIpc) is 2.46. The van der Waals surface area contributed by atoms with E-state index in [0.717, 1.165) is 16.5 Å². The molecule has 2 heterocycles.